The summed E-state index contributed by atoms with van der Waals surface area (Å²) >= 11 is 0. The average Bonchev–Trinajstić information content (AvgIpc) is 2.48. The lowest BCUT2D eigenvalue weighted by Gasteiger charge is -2.13. The first-order valence-corrected chi connectivity index (χ1v) is 8.13. The van der Waals surface area contributed by atoms with Crippen LogP contribution in [-0.4, -0.2) is 13.3 Å². The molecular formula is C17H24BOP. The molecule has 0 heterocycles. The van der Waals surface area contributed by atoms with Gasteiger partial charge < -0.3 is 4.89 Å². The molecule has 1 nitrogen and oxygen atoms in total. The van der Waals surface area contributed by atoms with Gasteiger partial charge in [-0.2, -0.15) is 0 Å². The Morgan fingerprint density at radius 3 is 2.05 bits per heavy atom. The van der Waals surface area contributed by atoms with Crippen LogP contribution in [0.25, 0.3) is 0 Å². The molecule has 0 saturated carbocycles. The van der Waals surface area contributed by atoms with Gasteiger partial charge in [-0.25, -0.2) is 0 Å². The Kier molecular flexibility index (Phi) is 6.98. The zero-order chi connectivity index (χ0) is 13.7. The van der Waals surface area contributed by atoms with E-state index in [0.29, 0.717) is 0 Å². The zero-order valence-electron chi connectivity index (χ0n) is 11.6. The van der Waals surface area contributed by atoms with Crippen LogP contribution in [0.3, 0.4) is 0 Å². The molecule has 0 fully saturated rings. The molecule has 2 atom stereocenters. The Morgan fingerprint density at radius 1 is 0.950 bits per heavy atom. The molecule has 2 aromatic carbocycles. The molecule has 0 spiro atoms. The predicted molar refractivity (Wildman–Crippen MR) is 94.4 cm³/mol. The smallest absolute Gasteiger partial charge is 0.0877 e. The summed E-state index contributed by atoms with van der Waals surface area (Å²) in [5.41, 5.74) is 1.36. The van der Waals surface area contributed by atoms with Crippen LogP contribution in [0, 0.1) is 5.92 Å². The minimum atomic E-state index is -1.21. The second kappa shape index (κ2) is 8.24. The van der Waals surface area contributed by atoms with Gasteiger partial charge in [-0.1, -0.05) is 74.9 Å². The van der Waals surface area contributed by atoms with Gasteiger partial charge in [-0.3, -0.25) is 0 Å². The van der Waals surface area contributed by atoms with Crippen molar-refractivity contribution in [3.8, 4) is 0 Å². The van der Waals surface area contributed by atoms with E-state index in [1.165, 1.54) is 12.0 Å². The van der Waals surface area contributed by atoms with Gasteiger partial charge in [0.05, 0.1) is 16.6 Å². The quantitative estimate of drug-likeness (QED) is 0.661. The Bertz CT molecular complexity index is 498. The summed E-state index contributed by atoms with van der Waals surface area (Å²) in [5.74, 6) is 0.718. The van der Waals surface area contributed by atoms with Crippen LogP contribution in [0.1, 0.15) is 25.8 Å². The van der Waals surface area contributed by atoms with Crippen molar-refractivity contribution in [2.75, 3.05) is 0 Å². The first-order chi connectivity index (χ1) is 9.20. The molecule has 0 amide bonds. The van der Waals surface area contributed by atoms with E-state index in [9.17, 15) is 4.89 Å². The van der Waals surface area contributed by atoms with Gasteiger partial charge in [-0.05, 0) is 17.9 Å². The van der Waals surface area contributed by atoms with Crippen molar-refractivity contribution in [2.45, 2.75) is 26.7 Å². The molecule has 2 rings (SSSR count). The third kappa shape index (κ3) is 4.47. The minimum absolute atomic E-state index is 0. The maximum absolute atomic E-state index is 10.4. The van der Waals surface area contributed by atoms with Gasteiger partial charge in [0, 0.05) is 10.6 Å². The second-order valence-corrected chi connectivity index (χ2v) is 6.69. The van der Waals surface area contributed by atoms with E-state index in [4.69, 9.17) is 0 Å². The molecular weight excluding hydrogens is 262 g/mol. The molecule has 3 heteroatoms. The number of hydrogen-bond donors (Lipinski definition) is 1. The summed E-state index contributed by atoms with van der Waals surface area (Å²) < 4.78 is 0. The summed E-state index contributed by atoms with van der Waals surface area (Å²) in [5, 5.41) is 2.03. The molecule has 1 unspecified atom stereocenters. The summed E-state index contributed by atoms with van der Waals surface area (Å²) in [4.78, 5) is 10.4. The van der Waals surface area contributed by atoms with Crippen LogP contribution < -0.4 is 10.6 Å². The molecule has 2 aromatic rings. The van der Waals surface area contributed by atoms with E-state index >= 15 is 0 Å². The fraction of sp³-hybridized carbons (Fsp3) is 0.294. The molecule has 0 aliphatic rings. The fourth-order valence-corrected chi connectivity index (χ4v) is 3.22. The van der Waals surface area contributed by atoms with Crippen LogP contribution >= 0.6 is 8.15 Å². The zero-order valence-corrected chi connectivity index (χ0v) is 12.5. The summed E-state index contributed by atoms with van der Waals surface area (Å²) in [6.07, 6.45) is 2.32. The Labute approximate surface area is 125 Å². The standard InChI is InChI=1S/C17H21OP.BH3/c1-3-14(2)13-15-9-11-17(12-10-15)19(18)16-7-5-4-6-8-16;/h4-12,14,18H,3,13H2,1-2H3;1H3/t14-,19?;/m1./s1. The van der Waals surface area contributed by atoms with Crippen molar-refractivity contribution in [1.82, 2.24) is 0 Å². The topological polar surface area (TPSA) is 20.2 Å². The van der Waals surface area contributed by atoms with E-state index < -0.39 is 8.15 Å². The molecule has 0 aromatic heterocycles. The highest BCUT2D eigenvalue weighted by molar-refractivity contribution is 7.67. The number of benzene rings is 2. The lowest BCUT2D eigenvalue weighted by atomic mass is 9.99. The van der Waals surface area contributed by atoms with Crippen molar-refractivity contribution in [2.24, 2.45) is 5.92 Å². The monoisotopic (exact) mass is 286 g/mol. The lowest BCUT2D eigenvalue weighted by Crippen LogP contribution is -2.11. The third-order valence-electron chi connectivity index (χ3n) is 3.46. The SMILES string of the molecule is B.CC[C@@H](C)Cc1ccc(P(O)c2ccccc2)cc1. The molecule has 0 radical (unpaired) electrons. The van der Waals surface area contributed by atoms with Gasteiger partial charge in [0.25, 0.3) is 0 Å². The van der Waals surface area contributed by atoms with Crippen molar-refractivity contribution in [1.29, 1.82) is 0 Å². The van der Waals surface area contributed by atoms with E-state index in [1.54, 1.807) is 0 Å². The number of rotatable bonds is 5. The molecule has 20 heavy (non-hydrogen) atoms. The maximum atomic E-state index is 10.4. The first-order valence-electron chi connectivity index (χ1n) is 6.83. The van der Waals surface area contributed by atoms with Crippen molar-refractivity contribution in [3.05, 3.63) is 60.2 Å². The van der Waals surface area contributed by atoms with Crippen molar-refractivity contribution in [3.63, 3.8) is 0 Å². The largest absolute Gasteiger partial charge is 0.364 e. The Hall–Kier alpha value is -1.11. The van der Waals surface area contributed by atoms with E-state index in [1.807, 2.05) is 30.3 Å². The Morgan fingerprint density at radius 2 is 1.50 bits per heavy atom. The lowest BCUT2D eigenvalue weighted by molar-refractivity contribution is 0.560. The van der Waals surface area contributed by atoms with Crippen LogP contribution in [0.15, 0.2) is 54.6 Å². The third-order valence-corrected chi connectivity index (χ3v) is 5.04. The van der Waals surface area contributed by atoms with Crippen molar-refractivity contribution < 1.29 is 4.89 Å². The fourth-order valence-electron chi connectivity index (χ4n) is 2.04. The van der Waals surface area contributed by atoms with Gasteiger partial charge in [0.15, 0.2) is 0 Å². The molecule has 0 aliphatic heterocycles. The van der Waals surface area contributed by atoms with Crippen LogP contribution in [0.5, 0.6) is 0 Å². The molecule has 1 N–H and O–H groups in total. The highest BCUT2D eigenvalue weighted by Gasteiger charge is 2.10. The summed E-state index contributed by atoms with van der Waals surface area (Å²) in [7, 11) is -1.21. The molecule has 0 aliphatic carbocycles. The maximum Gasteiger partial charge on any atom is 0.0877 e. The highest BCUT2D eigenvalue weighted by atomic mass is 31.1. The van der Waals surface area contributed by atoms with Crippen LogP contribution in [0.2, 0.25) is 0 Å². The molecule has 0 saturated heterocycles. The van der Waals surface area contributed by atoms with Crippen LogP contribution in [-0.2, 0) is 6.42 Å². The summed E-state index contributed by atoms with van der Waals surface area (Å²) in [6.45, 7) is 4.50. The highest BCUT2D eigenvalue weighted by Crippen LogP contribution is 2.27. The average molecular weight is 286 g/mol. The van der Waals surface area contributed by atoms with Gasteiger partial charge in [-0.15, -0.1) is 0 Å². The normalized spacial score (nSPS) is 13.3. The minimum Gasteiger partial charge on any atom is -0.364 e. The number of hydrogen-bond acceptors (Lipinski definition) is 1. The summed E-state index contributed by atoms with van der Waals surface area (Å²) in [6, 6.07) is 18.3. The van der Waals surface area contributed by atoms with E-state index in [0.717, 1.165) is 22.9 Å². The van der Waals surface area contributed by atoms with E-state index in [2.05, 4.69) is 38.1 Å². The van der Waals surface area contributed by atoms with Gasteiger partial charge >= 0.3 is 0 Å². The predicted octanol–water partition coefficient (Wildman–Crippen LogP) is 2.43. The first kappa shape index (κ1) is 16.9. The molecule has 106 valence electrons. The van der Waals surface area contributed by atoms with Crippen molar-refractivity contribution >= 4 is 27.2 Å². The second-order valence-electron chi connectivity index (χ2n) is 5.03. The van der Waals surface area contributed by atoms with Gasteiger partial charge in [0.2, 0.25) is 0 Å². The van der Waals surface area contributed by atoms with Crippen LogP contribution in [0.4, 0.5) is 0 Å². The molecule has 0 bridgehead atoms. The Balaban J connectivity index is 0.00000200. The van der Waals surface area contributed by atoms with E-state index in [-0.39, 0.29) is 8.41 Å². The van der Waals surface area contributed by atoms with Gasteiger partial charge in [0.1, 0.15) is 0 Å².